The van der Waals surface area contributed by atoms with Crippen molar-refractivity contribution in [3.05, 3.63) is 65.5 Å². The summed E-state index contributed by atoms with van der Waals surface area (Å²) in [5.74, 6) is -0.958. The van der Waals surface area contributed by atoms with E-state index >= 15 is 0 Å². The minimum absolute atomic E-state index is 0.0236. The topological polar surface area (TPSA) is 28.2 Å². The number of hydrogen-bond donors (Lipinski definition) is 1. The number of nitrogens with one attached hydrogen (secondary N) is 1. The van der Waals surface area contributed by atoms with Gasteiger partial charge in [0, 0.05) is 37.6 Å². The van der Waals surface area contributed by atoms with Crippen LogP contribution in [0.2, 0.25) is 0 Å². The molecule has 134 valence electrons. The Hall–Kier alpha value is -1.85. The average Bonchev–Trinajstić information content (AvgIpc) is 2.62. The molecule has 0 spiro atoms. The Morgan fingerprint density at radius 1 is 1.16 bits per heavy atom. The number of hydrogen-bond acceptors (Lipinski definition) is 3. The van der Waals surface area contributed by atoms with Crippen molar-refractivity contribution in [2.45, 2.75) is 38.3 Å². The monoisotopic (exact) mass is 345 g/mol. The Bertz CT molecular complexity index is 670. The van der Waals surface area contributed by atoms with Gasteiger partial charge in [0.1, 0.15) is 11.6 Å². The fraction of sp³-hybridized carbons (Fsp3) is 0.450. The predicted octanol–water partition coefficient (Wildman–Crippen LogP) is 3.72. The van der Waals surface area contributed by atoms with Crippen molar-refractivity contribution in [1.82, 2.24) is 15.2 Å². The zero-order valence-corrected chi connectivity index (χ0v) is 14.6. The molecule has 0 radical (unpaired) electrons. The fourth-order valence-electron chi connectivity index (χ4n) is 3.40. The van der Waals surface area contributed by atoms with E-state index in [2.05, 4.69) is 27.3 Å². The lowest BCUT2D eigenvalue weighted by Crippen LogP contribution is -2.43. The van der Waals surface area contributed by atoms with Gasteiger partial charge in [-0.3, -0.25) is 9.88 Å². The standard InChI is InChI=1S/C20H25F2N3/c1-15(19-3-2-17(21)12-20(19)22)13-24-18-6-10-25(11-7-18)14-16-4-8-23-9-5-16/h2-5,8-9,12,15,18,24H,6-7,10-11,13-14H2,1H3/t15-/m0/s1. The molecule has 1 atom stereocenters. The summed E-state index contributed by atoms with van der Waals surface area (Å²) in [6.45, 7) is 5.75. The lowest BCUT2D eigenvalue weighted by Gasteiger charge is -2.33. The molecule has 1 fully saturated rings. The van der Waals surface area contributed by atoms with Crippen LogP contribution in [0, 0.1) is 11.6 Å². The highest BCUT2D eigenvalue weighted by Gasteiger charge is 2.20. The first-order valence-electron chi connectivity index (χ1n) is 8.91. The SMILES string of the molecule is C[C@@H](CNC1CCN(Cc2ccncc2)CC1)c1ccc(F)cc1F. The molecular formula is C20H25F2N3. The van der Waals surface area contributed by atoms with Gasteiger partial charge in [-0.1, -0.05) is 13.0 Å². The highest BCUT2D eigenvalue weighted by molar-refractivity contribution is 5.22. The largest absolute Gasteiger partial charge is 0.313 e. The van der Waals surface area contributed by atoms with Gasteiger partial charge >= 0.3 is 0 Å². The molecular weight excluding hydrogens is 320 g/mol. The molecule has 2 aromatic rings. The van der Waals surface area contributed by atoms with Crippen molar-refractivity contribution in [3.63, 3.8) is 0 Å². The summed E-state index contributed by atoms with van der Waals surface area (Å²) in [5.41, 5.74) is 1.87. The third kappa shape index (κ3) is 5.06. The Kier molecular flexibility index (Phi) is 6.10. The molecule has 0 unspecified atom stereocenters. The molecule has 1 N–H and O–H groups in total. The molecule has 1 aromatic heterocycles. The van der Waals surface area contributed by atoms with Gasteiger partial charge in [-0.15, -0.1) is 0 Å². The minimum atomic E-state index is -0.525. The Balaban J connectivity index is 1.43. The summed E-state index contributed by atoms with van der Waals surface area (Å²) in [6, 6.07) is 8.41. The van der Waals surface area contributed by atoms with Gasteiger partial charge in [0.25, 0.3) is 0 Å². The second-order valence-corrected chi connectivity index (χ2v) is 6.88. The number of likely N-dealkylation sites (tertiary alicyclic amines) is 1. The van der Waals surface area contributed by atoms with Crippen molar-refractivity contribution in [2.24, 2.45) is 0 Å². The maximum atomic E-state index is 13.8. The normalized spacial score (nSPS) is 17.6. The van der Waals surface area contributed by atoms with E-state index in [4.69, 9.17) is 0 Å². The van der Waals surface area contributed by atoms with E-state index in [0.717, 1.165) is 38.5 Å². The van der Waals surface area contributed by atoms with Gasteiger partial charge in [-0.25, -0.2) is 8.78 Å². The first-order valence-corrected chi connectivity index (χ1v) is 8.91. The van der Waals surface area contributed by atoms with E-state index in [1.54, 1.807) is 6.07 Å². The third-order valence-corrected chi connectivity index (χ3v) is 4.95. The average molecular weight is 345 g/mol. The maximum absolute atomic E-state index is 13.8. The quantitative estimate of drug-likeness (QED) is 0.865. The van der Waals surface area contributed by atoms with Crippen LogP contribution in [0.5, 0.6) is 0 Å². The molecule has 5 heteroatoms. The zero-order chi connectivity index (χ0) is 17.6. The van der Waals surface area contributed by atoms with Gasteiger partial charge in [0.05, 0.1) is 0 Å². The summed E-state index contributed by atoms with van der Waals surface area (Å²) in [7, 11) is 0. The molecule has 1 aliphatic heterocycles. The maximum Gasteiger partial charge on any atom is 0.129 e. The molecule has 25 heavy (non-hydrogen) atoms. The second kappa shape index (κ2) is 8.50. The van der Waals surface area contributed by atoms with Crippen LogP contribution in [0.4, 0.5) is 8.78 Å². The Morgan fingerprint density at radius 3 is 2.56 bits per heavy atom. The Labute approximate surface area is 148 Å². The molecule has 1 aromatic carbocycles. The van der Waals surface area contributed by atoms with Crippen LogP contribution in [0.15, 0.2) is 42.7 Å². The Morgan fingerprint density at radius 2 is 1.88 bits per heavy atom. The lowest BCUT2D eigenvalue weighted by molar-refractivity contribution is 0.190. The molecule has 0 bridgehead atoms. The number of aromatic nitrogens is 1. The number of benzene rings is 1. The van der Waals surface area contributed by atoms with Crippen LogP contribution >= 0.6 is 0 Å². The van der Waals surface area contributed by atoms with Crippen molar-refractivity contribution in [2.75, 3.05) is 19.6 Å². The zero-order valence-electron chi connectivity index (χ0n) is 14.6. The first-order chi connectivity index (χ1) is 12.1. The van der Waals surface area contributed by atoms with Crippen molar-refractivity contribution in [1.29, 1.82) is 0 Å². The van der Waals surface area contributed by atoms with Crippen LogP contribution in [0.25, 0.3) is 0 Å². The minimum Gasteiger partial charge on any atom is -0.313 e. The van der Waals surface area contributed by atoms with E-state index in [1.165, 1.54) is 11.6 Å². The molecule has 1 saturated heterocycles. The molecule has 3 nitrogen and oxygen atoms in total. The van der Waals surface area contributed by atoms with Crippen LogP contribution in [-0.4, -0.2) is 35.6 Å². The highest BCUT2D eigenvalue weighted by atomic mass is 19.1. The van der Waals surface area contributed by atoms with E-state index in [0.29, 0.717) is 18.2 Å². The first kappa shape index (κ1) is 18.0. The summed E-state index contributed by atoms with van der Waals surface area (Å²) in [4.78, 5) is 6.51. The smallest absolute Gasteiger partial charge is 0.129 e. The molecule has 1 aliphatic rings. The van der Waals surface area contributed by atoms with E-state index < -0.39 is 11.6 Å². The van der Waals surface area contributed by atoms with E-state index in [1.807, 2.05) is 19.3 Å². The summed E-state index contributed by atoms with van der Waals surface area (Å²) in [6.07, 6.45) is 5.84. The predicted molar refractivity (Wildman–Crippen MR) is 95.3 cm³/mol. The molecule has 3 rings (SSSR count). The van der Waals surface area contributed by atoms with Gasteiger partial charge in [0.2, 0.25) is 0 Å². The number of piperidine rings is 1. The fourth-order valence-corrected chi connectivity index (χ4v) is 3.40. The summed E-state index contributed by atoms with van der Waals surface area (Å²) in [5, 5.41) is 3.55. The van der Waals surface area contributed by atoms with Gasteiger partial charge in [0.15, 0.2) is 0 Å². The number of nitrogens with zero attached hydrogens (tertiary/aromatic N) is 2. The van der Waals surface area contributed by atoms with E-state index in [-0.39, 0.29) is 5.92 Å². The van der Waals surface area contributed by atoms with Gasteiger partial charge in [-0.2, -0.15) is 0 Å². The van der Waals surface area contributed by atoms with Crippen molar-refractivity contribution >= 4 is 0 Å². The van der Waals surface area contributed by atoms with Crippen LogP contribution < -0.4 is 5.32 Å². The number of halogens is 2. The lowest BCUT2D eigenvalue weighted by atomic mass is 9.98. The van der Waals surface area contributed by atoms with Crippen LogP contribution in [0.1, 0.15) is 36.8 Å². The van der Waals surface area contributed by atoms with Gasteiger partial charge in [-0.05, 0) is 61.2 Å². The number of rotatable bonds is 6. The van der Waals surface area contributed by atoms with Crippen LogP contribution in [0.3, 0.4) is 0 Å². The third-order valence-electron chi connectivity index (χ3n) is 4.95. The second-order valence-electron chi connectivity index (χ2n) is 6.88. The summed E-state index contributed by atoms with van der Waals surface area (Å²) < 4.78 is 26.9. The molecule has 0 aliphatic carbocycles. The molecule has 0 saturated carbocycles. The van der Waals surface area contributed by atoms with Gasteiger partial charge < -0.3 is 5.32 Å². The highest BCUT2D eigenvalue weighted by Crippen LogP contribution is 2.20. The summed E-state index contributed by atoms with van der Waals surface area (Å²) >= 11 is 0. The van der Waals surface area contributed by atoms with E-state index in [9.17, 15) is 8.78 Å². The molecule has 0 amide bonds. The molecule has 2 heterocycles. The van der Waals surface area contributed by atoms with Crippen molar-refractivity contribution < 1.29 is 8.78 Å². The number of pyridine rings is 1. The van der Waals surface area contributed by atoms with Crippen LogP contribution in [-0.2, 0) is 6.54 Å². The van der Waals surface area contributed by atoms with Crippen molar-refractivity contribution in [3.8, 4) is 0 Å².